The average Bonchev–Trinajstić information content (AvgIpc) is 2.78. The van der Waals surface area contributed by atoms with Crippen LogP contribution in [0.2, 0.25) is 0 Å². The summed E-state index contributed by atoms with van der Waals surface area (Å²) in [6.45, 7) is 2.04. The molecule has 0 aliphatic carbocycles. The molecule has 15 heavy (non-hydrogen) atoms. The standard InChI is InChI=1S/C10H10BrNOS2/c1-6-8(11)3-10(15-6)9(13)2-7-4-12-5-14-7/h3-5,9,13H,2H2,1H3. The van der Waals surface area contributed by atoms with Crippen molar-refractivity contribution in [1.82, 2.24) is 4.98 Å². The molecule has 2 aromatic heterocycles. The topological polar surface area (TPSA) is 33.1 Å². The Hall–Kier alpha value is -0.230. The van der Waals surface area contributed by atoms with Crippen LogP contribution in [0.3, 0.4) is 0 Å². The minimum absolute atomic E-state index is 0.416. The Kier molecular flexibility index (Phi) is 3.56. The SMILES string of the molecule is Cc1sc(C(O)Cc2cncs2)cc1Br. The second-order valence-electron chi connectivity index (χ2n) is 3.24. The molecular formula is C10H10BrNOS2. The van der Waals surface area contributed by atoms with E-state index in [2.05, 4.69) is 20.9 Å². The number of hydrogen-bond donors (Lipinski definition) is 1. The maximum atomic E-state index is 10.00. The minimum atomic E-state index is -0.416. The number of hydrogen-bond acceptors (Lipinski definition) is 4. The Balaban J connectivity index is 2.11. The average molecular weight is 304 g/mol. The molecule has 0 fully saturated rings. The predicted octanol–water partition coefficient (Wildman–Crippen LogP) is 3.55. The molecule has 0 saturated carbocycles. The van der Waals surface area contributed by atoms with E-state index in [0.29, 0.717) is 6.42 Å². The number of thiazole rings is 1. The van der Waals surface area contributed by atoms with E-state index < -0.39 is 6.10 Å². The van der Waals surface area contributed by atoms with Crippen molar-refractivity contribution in [3.05, 3.63) is 36.9 Å². The van der Waals surface area contributed by atoms with Gasteiger partial charge in [0.2, 0.25) is 0 Å². The van der Waals surface area contributed by atoms with E-state index in [-0.39, 0.29) is 0 Å². The van der Waals surface area contributed by atoms with Gasteiger partial charge in [-0.1, -0.05) is 0 Å². The van der Waals surface area contributed by atoms with Crippen molar-refractivity contribution < 1.29 is 5.11 Å². The molecule has 1 unspecified atom stereocenters. The monoisotopic (exact) mass is 303 g/mol. The van der Waals surface area contributed by atoms with Gasteiger partial charge in [-0.3, -0.25) is 4.98 Å². The summed E-state index contributed by atoms with van der Waals surface area (Å²) in [5.74, 6) is 0. The van der Waals surface area contributed by atoms with Gasteiger partial charge in [-0.05, 0) is 28.9 Å². The van der Waals surface area contributed by atoms with Crippen LogP contribution in [0.1, 0.15) is 20.7 Å². The molecule has 0 saturated heterocycles. The van der Waals surface area contributed by atoms with Crippen molar-refractivity contribution in [2.75, 3.05) is 0 Å². The highest BCUT2D eigenvalue weighted by molar-refractivity contribution is 9.10. The molecule has 1 atom stereocenters. The Bertz CT molecular complexity index is 419. The number of nitrogens with zero attached hydrogens (tertiary/aromatic N) is 1. The third-order valence-corrected chi connectivity index (χ3v) is 5.12. The van der Waals surface area contributed by atoms with Gasteiger partial charge in [0.25, 0.3) is 0 Å². The quantitative estimate of drug-likeness (QED) is 0.940. The van der Waals surface area contributed by atoms with E-state index >= 15 is 0 Å². The molecule has 2 heterocycles. The number of aryl methyl sites for hydroxylation is 1. The lowest BCUT2D eigenvalue weighted by molar-refractivity contribution is 0.183. The van der Waals surface area contributed by atoms with E-state index in [1.165, 1.54) is 4.88 Å². The van der Waals surface area contributed by atoms with Crippen molar-refractivity contribution in [3.63, 3.8) is 0 Å². The summed E-state index contributed by atoms with van der Waals surface area (Å²) in [6, 6.07) is 1.99. The fraction of sp³-hybridized carbons (Fsp3) is 0.300. The van der Waals surface area contributed by atoms with E-state index in [1.54, 1.807) is 28.2 Å². The van der Waals surface area contributed by atoms with Crippen LogP contribution < -0.4 is 0 Å². The third kappa shape index (κ3) is 2.66. The summed E-state index contributed by atoms with van der Waals surface area (Å²) in [5, 5.41) is 10.00. The predicted molar refractivity (Wildman–Crippen MR) is 67.5 cm³/mol. The number of aliphatic hydroxyl groups is 1. The van der Waals surface area contributed by atoms with Gasteiger partial charge in [0.05, 0.1) is 11.6 Å². The molecule has 0 aromatic carbocycles. The zero-order chi connectivity index (χ0) is 10.8. The van der Waals surface area contributed by atoms with Crippen molar-refractivity contribution in [1.29, 1.82) is 0 Å². The normalized spacial score (nSPS) is 13.0. The maximum Gasteiger partial charge on any atom is 0.0931 e. The molecule has 0 bridgehead atoms. The first-order chi connectivity index (χ1) is 7.16. The van der Waals surface area contributed by atoms with Gasteiger partial charge in [0.15, 0.2) is 0 Å². The van der Waals surface area contributed by atoms with Gasteiger partial charge in [-0.15, -0.1) is 22.7 Å². The summed E-state index contributed by atoms with van der Waals surface area (Å²) in [4.78, 5) is 7.32. The molecule has 0 spiro atoms. The van der Waals surface area contributed by atoms with E-state index in [1.807, 2.05) is 19.2 Å². The molecule has 0 radical (unpaired) electrons. The zero-order valence-electron chi connectivity index (χ0n) is 8.11. The molecule has 0 amide bonds. The van der Waals surface area contributed by atoms with E-state index in [4.69, 9.17) is 0 Å². The smallest absolute Gasteiger partial charge is 0.0931 e. The summed E-state index contributed by atoms with van der Waals surface area (Å²) >= 11 is 6.66. The summed E-state index contributed by atoms with van der Waals surface area (Å²) in [7, 11) is 0. The molecule has 5 heteroatoms. The first-order valence-electron chi connectivity index (χ1n) is 4.48. The molecule has 2 aromatic rings. The second kappa shape index (κ2) is 4.74. The minimum Gasteiger partial charge on any atom is -0.387 e. The van der Waals surface area contributed by atoms with Crippen LogP contribution in [0, 0.1) is 6.92 Å². The van der Waals surface area contributed by atoms with Crippen molar-refractivity contribution in [2.45, 2.75) is 19.4 Å². The van der Waals surface area contributed by atoms with Crippen LogP contribution in [0.4, 0.5) is 0 Å². The van der Waals surface area contributed by atoms with Gasteiger partial charge in [-0.25, -0.2) is 0 Å². The second-order valence-corrected chi connectivity index (χ2v) is 6.35. The van der Waals surface area contributed by atoms with Crippen LogP contribution in [0.15, 0.2) is 22.2 Å². The number of rotatable bonds is 3. The lowest BCUT2D eigenvalue weighted by atomic mass is 10.2. The van der Waals surface area contributed by atoms with Gasteiger partial charge >= 0.3 is 0 Å². The molecule has 0 aliphatic rings. The Morgan fingerprint density at radius 1 is 1.60 bits per heavy atom. The lowest BCUT2D eigenvalue weighted by Gasteiger charge is -2.05. The Morgan fingerprint density at radius 2 is 2.40 bits per heavy atom. The first kappa shape index (κ1) is 11.3. The summed E-state index contributed by atoms with van der Waals surface area (Å²) in [5.41, 5.74) is 1.79. The van der Waals surface area contributed by atoms with Crippen LogP contribution in [0.25, 0.3) is 0 Å². The van der Waals surface area contributed by atoms with Crippen LogP contribution in [-0.2, 0) is 6.42 Å². The van der Waals surface area contributed by atoms with Crippen molar-refractivity contribution in [3.8, 4) is 0 Å². The van der Waals surface area contributed by atoms with Crippen LogP contribution in [-0.4, -0.2) is 10.1 Å². The fourth-order valence-electron chi connectivity index (χ4n) is 1.28. The highest BCUT2D eigenvalue weighted by Gasteiger charge is 2.13. The molecule has 2 nitrogen and oxygen atoms in total. The molecule has 2 rings (SSSR count). The largest absolute Gasteiger partial charge is 0.387 e. The Morgan fingerprint density at radius 3 is 2.93 bits per heavy atom. The van der Waals surface area contributed by atoms with E-state index in [9.17, 15) is 5.11 Å². The molecule has 80 valence electrons. The Labute approximate surface area is 105 Å². The molecule has 1 N–H and O–H groups in total. The summed E-state index contributed by atoms with van der Waals surface area (Å²) in [6.07, 6.45) is 2.04. The molecular weight excluding hydrogens is 294 g/mol. The highest BCUT2D eigenvalue weighted by atomic mass is 79.9. The third-order valence-electron chi connectivity index (χ3n) is 2.08. The molecule has 0 aliphatic heterocycles. The maximum absolute atomic E-state index is 10.00. The van der Waals surface area contributed by atoms with Crippen LogP contribution >= 0.6 is 38.6 Å². The number of aromatic nitrogens is 1. The van der Waals surface area contributed by atoms with Gasteiger partial charge in [0.1, 0.15) is 0 Å². The number of aliphatic hydroxyl groups excluding tert-OH is 1. The van der Waals surface area contributed by atoms with Gasteiger partial charge < -0.3 is 5.11 Å². The highest BCUT2D eigenvalue weighted by Crippen LogP contribution is 2.32. The first-order valence-corrected chi connectivity index (χ1v) is 6.97. The number of halogens is 1. The zero-order valence-corrected chi connectivity index (χ0v) is 11.3. The van der Waals surface area contributed by atoms with Gasteiger partial charge in [0, 0.05) is 31.7 Å². The van der Waals surface area contributed by atoms with Crippen molar-refractivity contribution >= 4 is 38.6 Å². The van der Waals surface area contributed by atoms with Crippen LogP contribution in [0.5, 0.6) is 0 Å². The lowest BCUT2D eigenvalue weighted by Crippen LogP contribution is -1.97. The van der Waals surface area contributed by atoms with Gasteiger partial charge in [-0.2, -0.15) is 0 Å². The van der Waals surface area contributed by atoms with Crippen molar-refractivity contribution in [2.24, 2.45) is 0 Å². The number of thiophene rings is 1. The van der Waals surface area contributed by atoms with E-state index in [0.717, 1.165) is 14.2 Å². The summed E-state index contributed by atoms with van der Waals surface area (Å²) < 4.78 is 1.07. The fourth-order valence-corrected chi connectivity index (χ4v) is 3.46.